The van der Waals surface area contributed by atoms with Crippen LogP contribution >= 0.6 is 0 Å². The molecule has 2 heterocycles. The van der Waals surface area contributed by atoms with Gasteiger partial charge in [0.2, 0.25) is 0 Å². The summed E-state index contributed by atoms with van der Waals surface area (Å²) in [6.07, 6.45) is 0. The van der Waals surface area contributed by atoms with E-state index in [-0.39, 0.29) is 11.9 Å². The fourth-order valence-electron chi connectivity index (χ4n) is 2.53. The summed E-state index contributed by atoms with van der Waals surface area (Å²) in [5.41, 5.74) is 2.00. The molecule has 2 N–H and O–H groups in total. The van der Waals surface area contributed by atoms with E-state index in [1.165, 1.54) is 0 Å². The number of nitrogens with one attached hydrogen (secondary N) is 2. The third-order valence-electron chi connectivity index (χ3n) is 3.75. The van der Waals surface area contributed by atoms with Crippen LogP contribution in [0.15, 0.2) is 18.2 Å². The zero-order chi connectivity index (χ0) is 15.5. The Morgan fingerprint density at radius 1 is 1.14 bits per heavy atom. The number of nitrogens with zero attached hydrogens (tertiary/aromatic N) is 4. The molecule has 1 fully saturated rings. The van der Waals surface area contributed by atoms with Gasteiger partial charge in [-0.3, -0.25) is 4.79 Å². The van der Waals surface area contributed by atoms with Gasteiger partial charge < -0.3 is 15.1 Å². The van der Waals surface area contributed by atoms with Crippen molar-refractivity contribution >= 4 is 23.0 Å². The highest BCUT2D eigenvalue weighted by atomic mass is 16.2. The molecule has 0 unspecified atom stereocenters. The number of fused-ring (bicyclic) bond motifs is 1. The van der Waals surface area contributed by atoms with Gasteiger partial charge in [0.25, 0.3) is 5.91 Å². The maximum Gasteiger partial charge on any atom is 0.317 e. The molecule has 8 heteroatoms. The molecule has 1 aliphatic rings. The minimum absolute atomic E-state index is 0.0413. The normalized spacial score (nSPS) is 15.1. The number of hydrogen-bond donors (Lipinski definition) is 2. The van der Waals surface area contributed by atoms with Crippen molar-refractivity contribution in [1.29, 1.82) is 0 Å². The van der Waals surface area contributed by atoms with Gasteiger partial charge in [-0.2, -0.15) is 15.4 Å². The van der Waals surface area contributed by atoms with Gasteiger partial charge >= 0.3 is 6.03 Å². The van der Waals surface area contributed by atoms with Gasteiger partial charge in [0.05, 0.1) is 0 Å². The molecule has 1 aromatic heterocycles. The van der Waals surface area contributed by atoms with E-state index in [9.17, 15) is 9.59 Å². The lowest BCUT2D eigenvalue weighted by atomic mass is 10.1. The summed E-state index contributed by atoms with van der Waals surface area (Å²) in [5, 5.41) is 13.3. The first-order chi connectivity index (χ1) is 10.7. The third-order valence-corrected chi connectivity index (χ3v) is 3.75. The van der Waals surface area contributed by atoms with Crippen molar-refractivity contribution in [1.82, 2.24) is 30.5 Å². The van der Waals surface area contributed by atoms with Gasteiger partial charge in [0.15, 0.2) is 0 Å². The van der Waals surface area contributed by atoms with E-state index in [0.29, 0.717) is 43.8 Å². The van der Waals surface area contributed by atoms with Crippen molar-refractivity contribution in [3.8, 4) is 0 Å². The summed E-state index contributed by atoms with van der Waals surface area (Å²) in [5.74, 6) is -0.0413. The summed E-state index contributed by atoms with van der Waals surface area (Å²) in [6.45, 7) is 4.65. The molecule has 116 valence electrons. The number of benzene rings is 1. The first-order valence-electron chi connectivity index (χ1n) is 7.31. The first kappa shape index (κ1) is 14.3. The number of H-pyrrole nitrogens is 1. The van der Waals surface area contributed by atoms with E-state index >= 15 is 0 Å². The summed E-state index contributed by atoms with van der Waals surface area (Å²) in [6, 6.07) is 5.19. The van der Waals surface area contributed by atoms with Crippen LogP contribution in [0.5, 0.6) is 0 Å². The van der Waals surface area contributed by atoms with Crippen molar-refractivity contribution < 1.29 is 9.59 Å². The van der Waals surface area contributed by atoms with E-state index in [2.05, 4.69) is 20.7 Å². The van der Waals surface area contributed by atoms with Gasteiger partial charge in [-0.05, 0) is 25.1 Å². The minimum atomic E-state index is -0.0707. The molecule has 0 atom stereocenters. The highest BCUT2D eigenvalue weighted by molar-refractivity contribution is 5.97. The molecule has 3 amide bonds. The van der Waals surface area contributed by atoms with Crippen LogP contribution in [0.4, 0.5) is 4.79 Å². The van der Waals surface area contributed by atoms with Crippen LogP contribution in [0.3, 0.4) is 0 Å². The number of urea groups is 1. The Kier molecular flexibility index (Phi) is 3.90. The molecule has 0 spiro atoms. The smallest absolute Gasteiger partial charge is 0.317 e. The summed E-state index contributed by atoms with van der Waals surface area (Å²) >= 11 is 0. The van der Waals surface area contributed by atoms with Crippen LogP contribution in [-0.4, -0.2) is 69.9 Å². The van der Waals surface area contributed by atoms with Crippen molar-refractivity contribution in [2.75, 3.05) is 32.7 Å². The lowest BCUT2D eigenvalue weighted by Crippen LogP contribution is -2.53. The Hall–Kier alpha value is -2.64. The Labute approximate surface area is 127 Å². The monoisotopic (exact) mass is 302 g/mol. The van der Waals surface area contributed by atoms with Gasteiger partial charge in [-0.25, -0.2) is 4.79 Å². The average molecular weight is 302 g/mol. The van der Waals surface area contributed by atoms with E-state index in [0.717, 1.165) is 5.52 Å². The maximum absolute atomic E-state index is 12.5. The zero-order valence-corrected chi connectivity index (χ0v) is 12.4. The number of amides is 3. The number of hydrogen-bond acceptors (Lipinski definition) is 4. The second kappa shape index (κ2) is 6.00. The Balaban J connectivity index is 1.65. The van der Waals surface area contributed by atoms with Gasteiger partial charge in [0, 0.05) is 38.3 Å². The fraction of sp³-hybridized carbons (Fsp3) is 0.429. The highest BCUT2D eigenvalue weighted by Gasteiger charge is 2.24. The number of rotatable bonds is 2. The van der Waals surface area contributed by atoms with Gasteiger partial charge in [0.1, 0.15) is 11.0 Å². The van der Waals surface area contributed by atoms with Crippen molar-refractivity contribution in [3.63, 3.8) is 0 Å². The van der Waals surface area contributed by atoms with E-state index in [4.69, 9.17) is 0 Å². The summed E-state index contributed by atoms with van der Waals surface area (Å²) in [7, 11) is 0. The van der Waals surface area contributed by atoms with Crippen LogP contribution in [0.25, 0.3) is 11.0 Å². The Morgan fingerprint density at radius 3 is 2.55 bits per heavy atom. The number of aromatic amines is 1. The molecule has 1 aromatic carbocycles. The molecule has 8 nitrogen and oxygen atoms in total. The van der Waals surface area contributed by atoms with Crippen LogP contribution in [0, 0.1) is 0 Å². The average Bonchev–Trinajstić information content (AvgIpc) is 3.02. The number of carbonyl (C=O) groups excluding carboxylic acids is 2. The Bertz CT molecular complexity index is 689. The molecule has 0 aliphatic carbocycles. The van der Waals surface area contributed by atoms with Gasteiger partial charge in [-0.15, -0.1) is 0 Å². The number of piperazine rings is 1. The van der Waals surface area contributed by atoms with Crippen LogP contribution in [0.1, 0.15) is 17.3 Å². The molecule has 1 saturated heterocycles. The second-order valence-corrected chi connectivity index (χ2v) is 5.14. The lowest BCUT2D eigenvalue weighted by molar-refractivity contribution is 0.0665. The first-order valence-corrected chi connectivity index (χ1v) is 7.31. The molecule has 22 heavy (non-hydrogen) atoms. The minimum Gasteiger partial charge on any atom is -0.338 e. The molecule has 0 bridgehead atoms. The fourth-order valence-corrected chi connectivity index (χ4v) is 2.53. The SMILES string of the molecule is CCNC(=O)N1CCN(C(=O)c2ccc3n[nH]nc3c2)CC1. The molecule has 1 aliphatic heterocycles. The van der Waals surface area contributed by atoms with Crippen molar-refractivity contribution in [3.05, 3.63) is 23.8 Å². The summed E-state index contributed by atoms with van der Waals surface area (Å²) in [4.78, 5) is 27.8. The molecule has 0 saturated carbocycles. The largest absolute Gasteiger partial charge is 0.338 e. The van der Waals surface area contributed by atoms with Crippen LogP contribution in [-0.2, 0) is 0 Å². The highest BCUT2D eigenvalue weighted by Crippen LogP contribution is 2.14. The Morgan fingerprint density at radius 2 is 1.82 bits per heavy atom. The van der Waals surface area contributed by atoms with Gasteiger partial charge in [-0.1, -0.05) is 0 Å². The van der Waals surface area contributed by atoms with Crippen molar-refractivity contribution in [2.45, 2.75) is 6.92 Å². The van der Waals surface area contributed by atoms with E-state index in [1.807, 2.05) is 6.92 Å². The predicted molar refractivity (Wildman–Crippen MR) is 80.4 cm³/mol. The topological polar surface area (TPSA) is 94.2 Å². The molecule has 3 rings (SSSR count). The maximum atomic E-state index is 12.5. The quantitative estimate of drug-likeness (QED) is 0.842. The summed E-state index contributed by atoms with van der Waals surface area (Å²) < 4.78 is 0. The second-order valence-electron chi connectivity index (χ2n) is 5.14. The van der Waals surface area contributed by atoms with E-state index in [1.54, 1.807) is 28.0 Å². The standard InChI is InChI=1S/C14H18N6O2/c1-2-15-14(22)20-7-5-19(6-8-20)13(21)10-3-4-11-12(9-10)17-18-16-11/h3-4,9H,2,5-8H2,1H3,(H,15,22)(H,16,17,18). The van der Waals surface area contributed by atoms with E-state index < -0.39 is 0 Å². The van der Waals surface area contributed by atoms with Crippen LogP contribution in [0.2, 0.25) is 0 Å². The van der Waals surface area contributed by atoms with Crippen LogP contribution < -0.4 is 5.32 Å². The molecular weight excluding hydrogens is 284 g/mol. The third kappa shape index (κ3) is 2.72. The molecule has 0 radical (unpaired) electrons. The molecule has 2 aromatic rings. The lowest BCUT2D eigenvalue weighted by Gasteiger charge is -2.34. The number of aromatic nitrogens is 3. The zero-order valence-electron chi connectivity index (χ0n) is 12.4. The predicted octanol–water partition coefficient (Wildman–Crippen LogP) is 0.445. The van der Waals surface area contributed by atoms with Crippen molar-refractivity contribution in [2.24, 2.45) is 0 Å². The molecular formula is C14H18N6O2. The number of carbonyl (C=O) groups is 2.